The van der Waals surface area contributed by atoms with Gasteiger partial charge in [0, 0.05) is 31.9 Å². The fourth-order valence-electron chi connectivity index (χ4n) is 3.46. The Labute approximate surface area is 187 Å². The third kappa shape index (κ3) is 8.25. The van der Waals surface area contributed by atoms with Crippen molar-refractivity contribution in [3.63, 3.8) is 0 Å². The molecule has 1 unspecified atom stereocenters. The van der Waals surface area contributed by atoms with E-state index in [1.54, 1.807) is 0 Å². The van der Waals surface area contributed by atoms with Gasteiger partial charge in [0.2, 0.25) is 0 Å². The number of aliphatic imine (C=N–C) groups is 1. The van der Waals surface area contributed by atoms with Gasteiger partial charge in [0.15, 0.2) is 5.96 Å². The molecule has 2 N–H and O–H groups in total. The first-order chi connectivity index (χ1) is 14.8. The topological polar surface area (TPSA) is 66.7 Å². The lowest BCUT2D eigenvalue weighted by molar-refractivity contribution is 0.281. The minimum atomic E-state index is 0.248. The molecule has 0 amide bonds. The lowest BCUT2D eigenvalue weighted by Crippen LogP contribution is -2.43. The monoisotopic (exact) mass is 428 g/mol. The van der Waals surface area contributed by atoms with Gasteiger partial charge in [-0.25, -0.2) is 4.99 Å². The van der Waals surface area contributed by atoms with Crippen LogP contribution in [0.15, 0.2) is 29.3 Å². The summed E-state index contributed by atoms with van der Waals surface area (Å²) in [7, 11) is 6.15. The molecular weight excluding hydrogens is 388 g/mol. The van der Waals surface area contributed by atoms with E-state index in [1.165, 1.54) is 11.3 Å². The van der Waals surface area contributed by atoms with Gasteiger partial charge in [0.25, 0.3) is 0 Å². The average molecular weight is 429 g/mol. The smallest absolute Gasteiger partial charge is 0.191 e. The Kier molecular flexibility index (Phi) is 9.85. The molecule has 0 aliphatic carbocycles. The van der Waals surface area contributed by atoms with Crippen molar-refractivity contribution in [1.29, 1.82) is 0 Å². The second kappa shape index (κ2) is 12.3. The number of hydrogen-bond donors (Lipinski definition) is 2. The Bertz CT molecular complexity index is 825. The molecule has 0 saturated carbocycles. The summed E-state index contributed by atoms with van der Waals surface area (Å²) in [4.78, 5) is 6.93. The highest BCUT2D eigenvalue weighted by molar-refractivity contribution is 5.80. The number of hydrogen-bond acceptors (Lipinski definition) is 4. The highest BCUT2D eigenvalue weighted by Gasteiger charge is 2.14. The van der Waals surface area contributed by atoms with E-state index < -0.39 is 0 Å². The molecule has 2 rings (SSSR count). The number of nitrogens with zero attached hydrogens (tertiary/aromatic N) is 4. The van der Waals surface area contributed by atoms with Crippen molar-refractivity contribution >= 4 is 5.96 Å². The predicted molar refractivity (Wildman–Crippen MR) is 129 cm³/mol. The van der Waals surface area contributed by atoms with Crippen LogP contribution in [0, 0.1) is 13.8 Å². The summed E-state index contributed by atoms with van der Waals surface area (Å²) in [6, 6.07) is 8.46. The van der Waals surface area contributed by atoms with Crippen molar-refractivity contribution in [2.45, 2.75) is 53.1 Å². The molecule has 0 spiro atoms. The highest BCUT2D eigenvalue weighted by Crippen LogP contribution is 2.15. The van der Waals surface area contributed by atoms with E-state index in [1.807, 2.05) is 23.9 Å². The van der Waals surface area contributed by atoms with Crippen LogP contribution in [0.4, 0.5) is 0 Å². The predicted octanol–water partition coefficient (Wildman–Crippen LogP) is 3.05. The molecule has 2 aromatic rings. The van der Waals surface area contributed by atoms with Gasteiger partial charge in [-0.1, -0.05) is 12.1 Å². The second-order valence-corrected chi connectivity index (χ2v) is 8.37. The van der Waals surface area contributed by atoms with Crippen molar-refractivity contribution in [3.05, 3.63) is 46.8 Å². The molecule has 1 atom stereocenters. The lowest BCUT2D eigenvalue weighted by Gasteiger charge is -2.18. The summed E-state index contributed by atoms with van der Waals surface area (Å²) in [5, 5.41) is 11.4. The fraction of sp³-hybridized carbons (Fsp3) is 0.583. The van der Waals surface area contributed by atoms with E-state index >= 15 is 0 Å². The molecule has 7 nitrogen and oxygen atoms in total. The van der Waals surface area contributed by atoms with E-state index in [2.05, 4.69) is 74.6 Å². The first-order valence-corrected chi connectivity index (χ1v) is 11.2. The van der Waals surface area contributed by atoms with Crippen molar-refractivity contribution in [2.24, 2.45) is 12.0 Å². The summed E-state index contributed by atoms with van der Waals surface area (Å²) in [5.41, 5.74) is 4.78. The molecule has 0 saturated heterocycles. The van der Waals surface area contributed by atoms with E-state index in [0.29, 0.717) is 6.54 Å². The van der Waals surface area contributed by atoms with Crippen LogP contribution in [0.25, 0.3) is 0 Å². The fourth-order valence-corrected chi connectivity index (χ4v) is 3.46. The van der Waals surface area contributed by atoms with E-state index in [-0.39, 0.29) is 6.04 Å². The largest absolute Gasteiger partial charge is 0.494 e. The maximum absolute atomic E-state index is 5.81. The molecule has 0 bridgehead atoms. The molecular formula is C24H40N6O. The van der Waals surface area contributed by atoms with Crippen LogP contribution < -0.4 is 15.4 Å². The molecule has 1 aromatic carbocycles. The van der Waals surface area contributed by atoms with Crippen molar-refractivity contribution in [3.8, 4) is 5.75 Å². The Morgan fingerprint density at radius 2 is 1.94 bits per heavy atom. The van der Waals surface area contributed by atoms with Crippen LogP contribution in [-0.4, -0.2) is 60.5 Å². The first kappa shape index (κ1) is 24.7. The third-order valence-electron chi connectivity index (χ3n) is 5.26. The van der Waals surface area contributed by atoms with Gasteiger partial charge in [-0.05, 0) is 77.9 Å². The van der Waals surface area contributed by atoms with Crippen molar-refractivity contribution in [2.75, 3.05) is 33.8 Å². The molecule has 172 valence electrons. The Morgan fingerprint density at radius 3 is 2.52 bits per heavy atom. The number of aromatic nitrogens is 2. The molecule has 7 heteroatoms. The van der Waals surface area contributed by atoms with Crippen molar-refractivity contribution in [1.82, 2.24) is 25.3 Å². The minimum absolute atomic E-state index is 0.248. The lowest BCUT2D eigenvalue weighted by atomic mass is 10.1. The molecule has 1 heterocycles. The standard InChI is InChI=1S/C24H40N6O/c1-8-25-24(27-18(2)16-23-19(3)28-30(7)20(23)4)26-17-21-10-12-22(13-11-21)31-15-9-14-29(5)6/h10-13,18H,8-9,14-17H2,1-7H3,(H2,25,26,27). The number of aryl methyl sites for hydroxylation is 2. The summed E-state index contributed by atoms with van der Waals surface area (Å²) in [6.45, 7) is 11.7. The zero-order chi connectivity index (χ0) is 22.8. The van der Waals surface area contributed by atoms with Gasteiger partial charge < -0.3 is 20.3 Å². The Hall–Kier alpha value is -2.54. The SMILES string of the molecule is CCNC(=NCc1ccc(OCCCN(C)C)cc1)NC(C)Cc1c(C)nn(C)c1C. The normalized spacial score (nSPS) is 12.8. The van der Waals surface area contributed by atoms with Crippen LogP contribution in [-0.2, 0) is 20.0 Å². The van der Waals surface area contributed by atoms with Crippen LogP contribution in [0.5, 0.6) is 5.75 Å². The van der Waals surface area contributed by atoms with E-state index in [4.69, 9.17) is 9.73 Å². The maximum atomic E-state index is 5.81. The summed E-state index contributed by atoms with van der Waals surface area (Å²) in [5.74, 6) is 1.74. The minimum Gasteiger partial charge on any atom is -0.494 e. The number of benzene rings is 1. The van der Waals surface area contributed by atoms with Crippen LogP contribution in [0.3, 0.4) is 0 Å². The average Bonchev–Trinajstić information content (AvgIpc) is 2.96. The van der Waals surface area contributed by atoms with Gasteiger partial charge >= 0.3 is 0 Å². The third-order valence-corrected chi connectivity index (χ3v) is 5.26. The molecule has 0 radical (unpaired) electrons. The highest BCUT2D eigenvalue weighted by atomic mass is 16.5. The number of guanidine groups is 1. The van der Waals surface area contributed by atoms with Gasteiger partial charge in [-0.3, -0.25) is 4.68 Å². The van der Waals surface area contributed by atoms with Gasteiger partial charge in [-0.2, -0.15) is 5.10 Å². The molecule has 0 aliphatic rings. The van der Waals surface area contributed by atoms with E-state index in [0.717, 1.165) is 55.5 Å². The second-order valence-electron chi connectivity index (χ2n) is 8.37. The van der Waals surface area contributed by atoms with Crippen LogP contribution >= 0.6 is 0 Å². The number of ether oxygens (including phenoxy) is 1. The number of nitrogens with one attached hydrogen (secondary N) is 2. The Morgan fingerprint density at radius 1 is 1.23 bits per heavy atom. The quantitative estimate of drug-likeness (QED) is 0.327. The summed E-state index contributed by atoms with van der Waals surface area (Å²) >= 11 is 0. The summed E-state index contributed by atoms with van der Waals surface area (Å²) < 4.78 is 7.76. The maximum Gasteiger partial charge on any atom is 0.191 e. The summed E-state index contributed by atoms with van der Waals surface area (Å²) in [6.07, 6.45) is 1.93. The van der Waals surface area contributed by atoms with Crippen LogP contribution in [0.2, 0.25) is 0 Å². The molecule has 0 fully saturated rings. The number of rotatable bonds is 11. The first-order valence-electron chi connectivity index (χ1n) is 11.2. The van der Waals surface area contributed by atoms with Gasteiger partial charge in [-0.15, -0.1) is 0 Å². The molecule has 31 heavy (non-hydrogen) atoms. The zero-order valence-electron chi connectivity index (χ0n) is 20.3. The van der Waals surface area contributed by atoms with E-state index in [9.17, 15) is 0 Å². The van der Waals surface area contributed by atoms with Crippen molar-refractivity contribution < 1.29 is 4.74 Å². The van der Waals surface area contributed by atoms with Gasteiger partial charge in [0.1, 0.15) is 5.75 Å². The molecule has 0 aliphatic heterocycles. The zero-order valence-corrected chi connectivity index (χ0v) is 20.3. The Balaban J connectivity index is 1.90. The van der Waals surface area contributed by atoms with Gasteiger partial charge in [0.05, 0.1) is 18.8 Å². The van der Waals surface area contributed by atoms with Crippen LogP contribution in [0.1, 0.15) is 42.8 Å². The molecule has 1 aromatic heterocycles.